The smallest absolute Gasteiger partial charge is 0.123 e. The maximum atomic E-state index is 13.7. The van der Waals surface area contributed by atoms with Gasteiger partial charge in [0, 0.05) is 10.9 Å². The van der Waals surface area contributed by atoms with E-state index >= 15 is 0 Å². The Balaban J connectivity index is 1.73. The summed E-state index contributed by atoms with van der Waals surface area (Å²) in [5.74, 6) is 0.526. The lowest BCUT2D eigenvalue weighted by atomic mass is 9.96. The van der Waals surface area contributed by atoms with E-state index in [1.54, 1.807) is 6.07 Å². The van der Waals surface area contributed by atoms with Gasteiger partial charge in [-0.2, -0.15) is 0 Å². The first-order valence-electron chi connectivity index (χ1n) is 9.64. The van der Waals surface area contributed by atoms with Crippen molar-refractivity contribution in [1.82, 2.24) is 4.98 Å². The van der Waals surface area contributed by atoms with Crippen LogP contribution < -0.4 is 4.74 Å². The maximum absolute atomic E-state index is 13.7. The standard InChI is InChI=1S/C25H22FNO2/c1-3-29-21-11-8-18(9-12-21)17-4-6-19(7-5-17)25-16(2)23(15-28)22-14-20(26)10-13-24(22)27-25/h4-14,28H,3,15H2,1-2H3. The van der Waals surface area contributed by atoms with E-state index in [2.05, 4.69) is 12.1 Å². The summed E-state index contributed by atoms with van der Waals surface area (Å²) in [6.45, 7) is 4.37. The van der Waals surface area contributed by atoms with E-state index in [-0.39, 0.29) is 12.4 Å². The van der Waals surface area contributed by atoms with Crippen molar-refractivity contribution in [3.05, 3.63) is 83.7 Å². The Kier molecular flexibility index (Phi) is 5.28. The lowest BCUT2D eigenvalue weighted by Gasteiger charge is -2.14. The zero-order valence-electron chi connectivity index (χ0n) is 16.4. The number of fused-ring (bicyclic) bond motifs is 1. The molecule has 0 aliphatic rings. The summed E-state index contributed by atoms with van der Waals surface area (Å²) in [5, 5.41) is 10.5. The predicted octanol–water partition coefficient (Wildman–Crippen LogP) is 5.91. The van der Waals surface area contributed by atoms with Crippen LogP contribution in [0.15, 0.2) is 66.7 Å². The highest BCUT2D eigenvalue weighted by molar-refractivity contribution is 5.87. The van der Waals surface area contributed by atoms with Gasteiger partial charge in [0.25, 0.3) is 0 Å². The second-order valence-corrected chi connectivity index (χ2v) is 6.92. The number of aromatic nitrogens is 1. The SMILES string of the molecule is CCOc1ccc(-c2ccc(-c3nc4ccc(F)cc4c(CO)c3C)cc2)cc1. The van der Waals surface area contributed by atoms with Crippen molar-refractivity contribution in [3.63, 3.8) is 0 Å². The highest BCUT2D eigenvalue weighted by Gasteiger charge is 2.13. The van der Waals surface area contributed by atoms with E-state index in [1.807, 2.05) is 50.2 Å². The summed E-state index contributed by atoms with van der Waals surface area (Å²) >= 11 is 0. The number of hydrogen-bond acceptors (Lipinski definition) is 3. The van der Waals surface area contributed by atoms with Crippen molar-refractivity contribution in [2.24, 2.45) is 0 Å². The topological polar surface area (TPSA) is 42.4 Å². The minimum absolute atomic E-state index is 0.161. The summed E-state index contributed by atoms with van der Waals surface area (Å²) in [7, 11) is 0. The number of rotatable bonds is 5. The summed E-state index contributed by atoms with van der Waals surface area (Å²) in [4.78, 5) is 4.73. The highest BCUT2D eigenvalue weighted by Crippen LogP contribution is 2.32. The molecule has 0 unspecified atom stereocenters. The Bertz CT molecular complexity index is 1150. The van der Waals surface area contributed by atoms with Crippen molar-refractivity contribution >= 4 is 10.9 Å². The first-order chi connectivity index (χ1) is 14.1. The fourth-order valence-electron chi connectivity index (χ4n) is 3.61. The molecule has 1 aromatic heterocycles. The Hall–Kier alpha value is -3.24. The molecule has 0 radical (unpaired) electrons. The van der Waals surface area contributed by atoms with Crippen molar-refractivity contribution in [1.29, 1.82) is 0 Å². The molecule has 0 spiro atoms. The summed E-state index contributed by atoms with van der Waals surface area (Å²) in [5.41, 5.74) is 6.20. The number of halogens is 1. The average Bonchev–Trinajstić information content (AvgIpc) is 2.74. The van der Waals surface area contributed by atoms with Gasteiger partial charge in [-0.3, -0.25) is 0 Å². The van der Waals surface area contributed by atoms with Crippen molar-refractivity contribution < 1.29 is 14.2 Å². The molecule has 4 aromatic rings. The summed E-state index contributed by atoms with van der Waals surface area (Å²) in [6, 6.07) is 20.7. The van der Waals surface area contributed by atoms with E-state index in [9.17, 15) is 9.50 Å². The largest absolute Gasteiger partial charge is 0.494 e. The molecule has 0 atom stereocenters. The molecule has 0 saturated heterocycles. The van der Waals surface area contributed by atoms with Gasteiger partial charge in [0.1, 0.15) is 11.6 Å². The van der Waals surface area contributed by atoms with Gasteiger partial charge in [0.15, 0.2) is 0 Å². The molecule has 0 saturated carbocycles. The fraction of sp³-hybridized carbons (Fsp3) is 0.160. The number of benzene rings is 3. The minimum Gasteiger partial charge on any atom is -0.494 e. The second kappa shape index (κ2) is 8.02. The molecular weight excluding hydrogens is 365 g/mol. The Labute approximate surface area is 169 Å². The number of hydrogen-bond donors (Lipinski definition) is 1. The van der Waals surface area contributed by atoms with Crippen molar-refractivity contribution in [2.45, 2.75) is 20.5 Å². The molecular formula is C25H22FNO2. The van der Waals surface area contributed by atoms with Crippen molar-refractivity contribution in [3.8, 4) is 28.1 Å². The van der Waals surface area contributed by atoms with Crippen LogP contribution >= 0.6 is 0 Å². The fourth-order valence-corrected chi connectivity index (χ4v) is 3.61. The van der Waals surface area contributed by atoms with Crippen LogP contribution in [0.2, 0.25) is 0 Å². The first kappa shape index (κ1) is 19.1. The van der Waals surface area contributed by atoms with Crippen LogP contribution in [0.4, 0.5) is 4.39 Å². The van der Waals surface area contributed by atoms with Crippen LogP contribution in [0.5, 0.6) is 5.75 Å². The molecule has 3 aromatic carbocycles. The molecule has 1 N–H and O–H groups in total. The van der Waals surface area contributed by atoms with Crippen LogP contribution in [0, 0.1) is 12.7 Å². The molecule has 0 bridgehead atoms. The van der Waals surface area contributed by atoms with Crippen LogP contribution in [0.3, 0.4) is 0 Å². The van der Waals surface area contributed by atoms with E-state index in [0.29, 0.717) is 23.1 Å². The number of aliphatic hydroxyl groups is 1. The van der Waals surface area contributed by atoms with Gasteiger partial charge < -0.3 is 9.84 Å². The quantitative estimate of drug-likeness (QED) is 0.463. The number of pyridine rings is 1. The van der Waals surface area contributed by atoms with E-state index in [1.165, 1.54) is 12.1 Å². The van der Waals surface area contributed by atoms with Gasteiger partial charge in [-0.25, -0.2) is 9.37 Å². The number of nitrogens with zero attached hydrogens (tertiary/aromatic N) is 1. The lowest BCUT2D eigenvalue weighted by Crippen LogP contribution is -1.99. The normalized spacial score (nSPS) is 11.0. The predicted molar refractivity (Wildman–Crippen MR) is 114 cm³/mol. The minimum atomic E-state index is -0.333. The molecule has 0 fully saturated rings. The third-order valence-electron chi connectivity index (χ3n) is 5.14. The summed E-state index contributed by atoms with van der Waals surface area (Å²) in [6.07, 6.45) is 0. The Morgan fingerprint density at radius 2 is 1.52 bits per heavy atom. The van der Waals surface area contributed by atoms with Gasteiger partial charge in [-0.15, -0.1) is 0 Å². The monoisotopic (exact) mass is 387 g/mol. The van der Waals surface area contributed by atoms with Gasteiger partial charge in [-0.1, -0.05) is 36.4 Å². The van der Waals surface area contributed by atoms with Crippen LogP contribution in [0.25, 0.3) is 33.3 Å². The van der Waals surface area contributed by atoms with Crippen LogP contribution in [-0.2, 0) is 6.61 Å². The highest BCUT2D eigenvalue weighted by atomic mass is 19.1. The van der Waals surface area contributed by atoms with E-state index in [0.717, 1.165) is 33.7 Å². The molecule has 0 aliphatic heterocycles. The zero-order valence-corrected chi connectivity index (χ0v) is 16.4. The summed E-state index contributed by atoms with van der Waals surface area (Å²) < 4.78 is 19.2. The van der Waals surface area contributed by atoms with Crippen LogP contribution in [-0.4, -0.2) is 16.7 Å². The van der Waals surface area contributed by atoms with Gasteiger partial charge in [-0.05, 0) is 66.4 Å². The molecule has 4 rings (SSSR count). The maximum Gasteiger partial charge on any atom is 0.123 e. The van der Waals surface area contributed by atoms with E-state index < -0.39 is 0 Å². The molecule has 0 amide bonds. The average molecular weight is 387 g/mol. The first-order valence-corrected chi connectivity index (χ1v) is 9.64. The molecule has 146 valence electrons. The second-order valence-electron chi connectivity index (χ2n) is 6.92. The molecule has 1 heterocycles. The third kappa shape index (κ3) is 3.71. The zero-order chi connectivity index (χ0) is 20.4. The van der Waals surface area contributed by atoms with Crippen molar-refractivity contribution in [2.75, 3.05) is 6.61 Å². The molecule has 29 heavy (non-hydrogen) atoms. The third-order valence-corrected chi connectivity index (χ3v) is 5.14. The number of aliphatic hydroxyl groups excluding tert-OH is 1. The van der Waals surface area contributed by atoms with Gasteiger partial charge in [0.2, 0.25) is 0 Å². The Morgan fingerprint density at radius 1 is 0.897 bits per heavy atom. The number of ether oxygens (including phenoxy) is 1. The van der Waals surface area contributed by atoms with Gasteiger partial charge >= 0.3 is 0 Å². The van der Waals surface area contributed by atoms with Gasteiger partial charge in [0.05, 0.1) is 24.4 Å². The Morgan fingerprint density at radius 3 is 2.14 bits per heavy atom. The molecule has 0 aliphatic carbocycles. The molecule has 4 heteroatoms. The van der Waals surface area contributed by atoms with Crippen LogP contribution in [0.1, 0.15) is 18.1 Å². The molecule has 3 nitrogen and oxygen atoms in total. The van der Waals surface area contributed by atoms with E-state index in [4.69, 9.17) is 9.72 Å². The lowest BCUT2D eigenvalue weighted by molar-refractivity contribution is 0.282.